The molecule has 2 heterocycles. The number of carbonyl (C=O) groups is 1. The van der Waals surface area contributed by atoms with Crippen molar-refractivity contribution in [1.29, 1.82) is 0 Å². The third kappa shape index (κ3) is 2.39. The zero-order valence-electron chi connectivity index (χ0n) is 9.76. The number of aromatic nitrogens is 4. The Morgan fingerprint density at radius 3 is 2.84 bits per heavy atom. The van der Waals surface area contributed by atoms with Crippen LogP contribution in [0.25, 0.3) is 5.69 Å². The van der Waals surface area contributed by atoms with Crippen LogP contribution in [-0.4, -0.2) is 43.1 Å². The van der Waals surface area contributed by atoms with Crippen LogP contribution >= 0.6 is 11.8 Å². The van der Waals surface area contributed by atoms with E-state index in [9.17, 15) is 9.90 Å². The van der Waals surface area contributed by atoms with Gasteiger partial charge in [0.1, 0.15) is 11.0 Å². The molecule has 1 aromatic heterocycles. The highest BCUT2D eigenvalue weighted by Crippen LogP contribution is 2.29. The Hall–Kier alpha value is -2.09. The molecule has 0 radical (unpaired) electrons. The standard InChI is InChI=1S/C11H10N4O3S/c16-8-3-1-7(2-4-8)15-11(12-13-14-15)19-9-5-6-18-10(9)17/h1-4,9,16H,5-6H2/t9-/m1/s1. The predicted molar refractivity (Wildman–Crippen MR) is 66.0 cm³/mol. The lowest BCUT2D eigenvalue weighted by atomic mass is 10.3. The third-order valence-electron chi connectivity index (χ3n) is 2.67. The van der Waals surface area contributed by atoms with E-state index < -0.39 is 0 Å². The smallest absolute Gasteiger partial charge is 0.319 e. The molecule has 1 aliphatic rings. The SMILES string of the molecule is O=C1OCC[C@H]1Sc1nnnn1-c1ccc(O)cc1. The Labute approximate surface area is 112 Å². The Morgan fingerprint density at radius 1 is 1.37 bits per heavy atom. The molecule has 0 unspecified atom stereocenters. The summed E-state index contributed by atoms with van der Waals surface area (Å²) in [6.45, 7) is 0.442. The quantitative estimate of drug-likeness (QED) is 0.829. The fraction of sp³-hybridized carbons (Fsp3) is 0.273. The van der Waals surface area contributed by atoms with Gasteiger partial charge < -0.3 is 9.84 Å². The summed E-state index contributed by atoms with van der Waals surface area (Å²) >= 11 is 1.28. The van der Waals surface area contributed by atoms with Crippen molar-refractivity contribution in [3.8, 4) is 11.4 Å². The summed E-state index contributed by atoms with van der Waals surface area (Å²) in [4.78, 5) is 11.4. The van der Waals surface area contributed by atoms with E-state index in [4.69, 9.17) is 4.74 Å². The molecular weight excluding hydrogens is 268 g/mol. The molecule has 2 aromatic rings. The number of esters is 1. The van der Waals surface area contributed by atoms with Crippen LogP contribution in [0.1, 0.15) is 6.42 Å². The van der Waals surface area contributed by atoms with Crippen LogP contribution in [0.5, 0.6) is 5.75 Å². The Morgan fingerprint density at radius 2 is 2.16 bits per heavy atom. The summed E-state index contributed by atoms with van der Waals surface area (Å²) in [5.41, 5.74) is 0.719. The minimum absolute atomic E-state index is 0.172. The largest absolute Gasteiger partial charge is 0.508 e. The molecule has 1 atom stereocenters. The van der Waals surface area contributed by atoms with E-state index >= 15 is 0 Å². The van der Waals surface area contributed by atoms with Crippen LogP contribution in [-0.2, 0) is 9.53 Å². The van der Waals surface area contributed by atoms with E-state index in [-0.39, 0.29) is 17.0 Å². The van der Waals surface area contributed by atoms with Gasteiger partial charge in [0.05, 0.1) is 12.3 Å². The monoisotopic (exact) mass is 278 g/mol. The van der Waals surface area contributed by atoms with E-state index in [1.165, 1.54) is 16.4 Å². The van der Waals surface area contributed by atoms with Crippen LogP contribution < -0.4 is 0 Å². The molecule has 0 bridgehead atoms. The molecule has 0 amide bonds. The fourth-order valence-electron chi connectivity index (χ4n) is 1.72. The first-order valence-electron chi connectivity index (χ1n) is 5.65. The molecule has 8 heteroatoms. The van der Waals surface area contributed by atoms with Crippen LogP contribution in [0.3, 0.4) is 0 Å². The average molecular weight is 278 g/mol. The number of thioether (sulfide) groups is 1. The Balaban J connectivity index is 1.86. The second kappa shape index (κ2) is 4.88. The van der Waals surface area contributed by atoms with Gasteiger partial charge in [0, 0.05) is 6.42 Å². The molecule has 1 N–H and O–H groups in total. The van der Waals surface area contributed by atoms with E-state index in [0.29, 0.717) is 18.2 Å². The van der Waals surface area contributed by atoms with Crippen molar-refractivity contribution in [3.05, 3.63) is 24.3 Å². The molecule has 7 nitrogen and oxygen atoms in total. The van der Waals surface area contributed by atoms with Crippen molar-refractivity contribution >= 4 is 17.7 Å². The number of tetrazole rings is 1. The van der Waals surface area contributed by atoms with Crippen molar-refractivity contribution in [2.45, 2.75) is 16.8 Å². The Bertz CT molecular complexity index is 598. The topological polar surface area (TPSA) is 90.1 Å². The highest BCUT2D eigenvalue weighted by atomic mass is 32.2. The lowest BCUT2D eigenvalue weighted by Gasteiger charge is -2.06. The first-order valence-corrected chi connectivity index (χ1v) is 6.53. The molecule has 1 fully saturated rings. The molecule has 0 aliphatic carbocycles. The minimum Gasteiger partial charge on any atom is -0.508 e. The van der Waals surface area contributed by atoms with Crippen molar-refractivity contribution in [2.75, 3.05) is 6.61 Å². The van der Waals surface area contributed by atoms with Crippen molar-refractivity contribution < 1.29 is 14.6 Å². The van der Waals surface area contributed by atoms with Gasteiger partial charge in [-0.15, -0.1) is 5.10 Å². The van der Waals surface area contributed by atoms with Gasteiger partial charge in [-0.3, -0.25) is 4.79 Å². The van der Waals surface area contributed by atoms with E-state index in [1.54, 1.807) is 24.3 Å². The number of phenols is 1. The van der Waals surface area contributed by atoms with Crippen LogP contribution in [0.4, 0.5) is 0 Å². The number of ether oxygens (including phenoxy) is 1. The summed E-state index contributed by atoms with van der Waals surface area (Å²) in [5, 5.41) is 20.9. The van der Waals surface area contributed by atoms with Crippen molar-refractivity contribution in [2.24, 2.45) is 0 Å². The van der Waals surface area contributed by atoms with Gasteiger partial charge in [-0.05, 0) is 34.7 Å². The molecule has 0 saturated carbocycles. The summed E-state index contributed by atoms with van der Waals surface area (Å²) < 4.78 is 6.43. The van der Waals surface area contributed by atoms with Gasteiger partial charge in [-0.2, -0.15) is 4.68 Å². The van der Waals surface area contributed by atoms with Gasteiger partial charge in [-0.25, -0.2) is 0 Å². The van der Waals surface area contributed by atoms with Crippen molar-refractivity contribution in [1.82, 2.24) is 20.2 Å². The lowest BCUT2D eigenvalue weighted by molar-refractivity contribution is -0.137. The summed E-state index contributed by atoms with van der Waals surface area (Å²) in [7, 11) is 0. The van der Waals surface area contributed by atoms with Gasteiger partial charge in [0.15, 0.2) is 0 Å². The number of hydrogen-bond acceptors (Lipinski definition) is 7. The highest BCUT2D eigenvalue weighted by Gasteiger charge is 2.29. The third-order valence-corrected chi connectivity index (χ3v) is 3.85. The van der Waals surface area contributed by atoms with Crippen molar-refractivity contribution in [3.63, 3.8) is 0 Å². The van der Waals surface area contributed by atoms with Gasteiger partial charge in [0.2, 0.25) is 5.16 Å². The number of rotatable bonds is 3. The molecule has 0 spiro atoms. The number of cyclic esters (lactones) is 1. The molecule has 3 rings (SSSR count). The van der Waals surface area contributed by atoms with E-state index in [0.717, 1.165) is 5.69 Å². The number of carbonyl (C=O) groups excluding carboxylic acids is 1. The number of benzene rings is 1. The number of hydrogen-bond donors (Lipinski definition) is 1. The summed E-state index contributed by atoms with van der Waals surface area (Å²) in [5.74, 6) is -0.0596. The first-order chi connectivity index (χ1) is 9.24. The first kappa shape index (κ1) is 12.0. The number of nitrogens with zero attached hydrogens (tertiary/aromatic N) is 4. The molecule has 19 heavy (non-hydrogen) atoms. The molecular formula is C11H10N4O3S. The lowest BCUT2D eigenvalue weighted by Crippen LogP contribution is -2.11. The van der Waals surface area contributed by atoms with E-state index in [2.05, 4.69) is 15.5 Å². The second-order valence-electron chi connectivity index (χ2n) is 3.95. The minimum atomic E-state index is -0.262. The summed E-state index contributed by atoms with van der Waals surface area (Å²) in [6.07, 6.45) is 0.659. The molecule has 1 saturated heterocycles. The van der Waals surface area contributed by atoms with E-state index in [1.807, 2.05) is 0 Å². The average Bonchev–Trinajstić information content (AvgIpc) is 3.01. The zero-order valence-corrected chi connectivity index (χ0v) is 10.6. The van der Waals surface area contributed by atoms with Gasteiger partial charge in [-0.1, -0.05) is 11.8 Å². The predicted octanol–water partition coefficient (Wildman–Crippen LogP) is 0.775. The fourth-order valence-corrected chi connectivity index (χ4v) is 2.68. The molecule has 1 aliphatic heterocycles. The molecule has 1 aromatic carbocycles. The maximum absolute atomic E-state index is 11.4. The summed E-state index contributed by atoms with van der Waals surface area (Å²) in [6, 6.07) is 6.50. The zero-order chi connectivity index (χ0) is 13.2. The Kier molecular flexibility index (Phi) is 3.08. The maximum Gasteiger partial charge on any atom is 0.319 e. The molecule has 98 valence electrons. The van der Waals surface area contributed by atoms with Gasteiger partial charge in [0.25, 0.3) is 0 Å². The highest BCUT2D eigenvalue weighted by molar-refractivity contribution is 8.00. The van der Waals surface area contributed by atoms with Crippen LogP contribution in [0.2, 0.25) is 0 Å². The van der Waals surface area contributed by atoms with Crippen LogP contribution in [0, 0.1) is 0 Å². The van der Waals surface area contributed by atoms with Crippen LogP contribution in [0.15, 0.2) is 29.4 Å². The maximum atomic E-state index is 11.4. The second-order valence-corrected chi connectivity index (χ2v) is 5.12. The number of aromatic hydroxyl groups is 1. The normalized spacial score (nSPS) is 18.5. The van der Waals surface area contributed by atoms with Gasteiger partial charge >= 0.3 is 5.97 Å². The number of phenolic OH excluding ortho intramolecular Hbond substituents is 1.